The van der Waals surface area contributed by atoms with E-state index in [4.69, 9.17) is 11.6 Å². The first-order valence-corrected chi connectivity index (χ1v) is 9.13. The highest BCUT2D eigenvalue weighted by Crippen LogP contribution is 2.31. The minimum atomic E-state index is -0.0712. The number of carbonyl (C=O) groups is 1. The lowest BCUT2D eigenvalue weighted by molar-refractivity contribution is -0.115. The van der Waals surface area contributed by atoms with Crippen molar-refractivity contribution in [3.8, 4) is 0 Å². The summed E-state index contributed by atoms with van der Waals surface area (Å²) in [6.07, 6.45) is 0.320. The summed E-state index contributed by atoms with van der Waals surface area (Å²) < 4.78 is 1.02. The second-order valence-corrected chi connectivity index (χ2v) is 7.38. The van der Waals surface area contributed by atoms with E-state index in [0.29, 0.717) is 16.6 Å². The molecule has 0 radical (unpaired) electrons. The molecule has 4 rings (SSSR count). The number of nitrogens with one attached hydrogen (secondary N) is 1. The fraction of sp³-hybridized carbons (Fsp3) is 0.100. The van der Waals surface area contributed by atoms with Crippen LogP contribution in [0.4, 0.5) is 5.13 Å². The standard InChI is InChI=1S/C20H15ClN2OS/c1-12-16(21)8-9-17-19(12)23-20(25-17)22-18(24)11-13-6-7-14-4-2-3-5-15(14)10-13/h2-10H,11H2,1H3,(H,22,23,24). The number of nitrogens with zero attached hydrogens (tertiary/aromatic N) is 1. The molecule has 3 nitrogen and oxygen atoms in total. The van der Waals surface area contributed by atoms with E-state index in [1.807, 2.05) is 43.3 Å². The van der Waals surface area contributed by atoms with Crippen molar-refractivity contribution >= 4 is 55.0 Å². The Labute approximate surface area is 154 Å². The van der Waals surface area contributed by atoms with E-state index in [2.05, 4.69) is 28.5 Å². The van der Waals surface area contributed by atoms with Gasteiger partial charge in [0.25, 0.3) is 0 Å². The minimum absolute atomic E-state index is 0.0712. The summed E-state index contributed by atoms with van der Waals surface area (Å²) in [5.74, 6) is -0.0712. The lowest BCUT2D eigenvalue weighted by Crippen LogP contribution is -2.14. The molecular weight excluding hydrogens is 352 g/mol. The van der Waals surface area contributed by atoms with Gasteiger partial charge in [-0.1, -0.05) is 65.4 Å². The van der Waals surface area contributed by atoms with Gasteiger partial charge in [-0.3, -0.25) is 4.79 Å². The number of aryl methyl sites for hydroxylation is 1. The maximum atomic E-state index is 12.4. The molecule has 1 heterocycles. The molecule has 124 valence electrons. The second-order valence-electron chi connectivity index (χ2n) is 5.94. The Bertz CT molecular complexity index is 1100. The van der Waals surface area contributed by atoms with Gasteiger partial charge in [0.1, 0.15) is 0 Å². The van der Waals surface area contributed by atoms with Crippen LogP contribution in [0, 0.1) is 6.92 Å². The lowest BCUT2D eigenvalue weighted by atomic mass is 10.1. The Kier molecular flexibility index (Phi) is 4.15. The van der Waals surface area contributed by atoms with Crippen molar-refractivity contribution in [3.05, 3.63) is 70.7 Å². The molecule has 0 unspecified atom stereocenters. The smallest absolute Gasteiger partial charge is 0.230 e. The summed E-state index contributed by atoms with van der Waals surface area (Å²) in [6.45, 7) is 1.94. The van der Waals surface area contributed by atoms with Gasteiger partial charge in [-0.25, -0.2) is 4.98 Å². The molecule has 0 atom stereocenters. The highest BCUT2D eigenvalue weighted by molar-refractivity contribution is 7.22. The number of thiazole rings is 1. The van der Waals surface area contributed by atoms with Gasteiger partial charge in [-0.15, -0.1) is 0 Å². The van der Waals surface area contributed by atoms with E-state index in [-0.39, 0.29) is 5.91 Å². The zero-order valence-electron chi connectivity index (χ0n) is 13.5. The Morgan fingerprint density at radius 3 is 2.76 bits per heavy atom. The van der Waals surface area contributed by atoms with E-state index in [0.717, 1.165) is 26.7 Å². The molecule has 4 aromatic rings. The number of carbonyl (C=O) groups excluding carboxylic acids is 1. The summed E-state index contributed by atoms with van der Waals surface area (Å²) in [5, 5.41) is 6.50. The number of amides is 1. The molecule has 0 saturated carbocycles. The van der Waals surface area contributed by atoms with Crippen molar-refractivity contribution in [2.24, 2.45) is 0 Å². The molecule has 0 aliphatic carbocycles. The van der Waals surface area contributed by atoms with Crippen molar-refractivity contribution < 1.29 is 4.79 Å². The van der Waals surface area contributed by atoms with Crippen LogP contribution in [-0.4, -0.2) is 10.9 Å². The van der Waals surface area contributed by atoms with Crippen molar-refractivity contribution in [2.45, 2.75) is 13.3 Å². The average Bonchev–Trinajstić information content (AvgIpc) is 3.01. The molecule has 1 amide bonds. The fourth-order valence-electron chi connectivity index (χ4n) is 2.85. The predicted molar refractivity (Wildman–Crippen MR) is 106 cm³/mol. The van der Waals surface area contributed by atoms with Gasteiger partial charge in [-0.05, 0) is 41.0 Å². The van der Waals surface area contributed by atoms with Gasteiger partial charge < -0.3 is 5.32 Å². The molecule has 0 aliphatic heterocycles. The molecule has 0 aliphatic rings. The average molecular weight is 367 g/mol. The molecule has 3 aromatic carbocycles. The Balaban J connectivity index is 1.54. The molecule has 5 heteroatoms. The maximum absolute atomic E-state index is 12.4. The van der Waals surface area contributed by atoms with Crippen molar-refractivity contribution in [1.29, 1.82) is 0 Å². The first kappa shape index (κ1) is 16.1. The van der Waals surface area contributed by atoms with E-state index in [1.165, 1.54) is 16.7 Å². The molecule has 0 fully saturated rings. The summed E-state index contributed by atoms with van der Waals surface area (Å²) in [5.41, 5.74) is 2.76. The summed E-state index contributed by atoms with van der Waals surface area (Å²) >= 11 is 7.59. The number of rotatable bonds is 3. The van der Waals surface area contributed by atoms with Crippen molar-refractivity contribution in [2.75, 3.05) is 5.32 Å². The summed E-state index contributed by atoms with van der Waals surface area (Å²) in [4.78, 5) is 16.9. The summed E-state index contributed by atoms with van der Waals surface area (Å²) in [6, 6.07) is 18.0. The van der Waals surface area contributed by atoms with Crippen LogP contribution in [0.5, 0.6) is 0 Å². The molecule has 25 heavy (non-hydrogen) atoms. The summed E-state index contributed by atoms with van der Waals surface area (Å²) in [7, 11) is 0. The first-order valence-electron chi connectivity index (χ1n) is 7.93. The second kappa shape index (κ2) is 6.47. The van der Waals surface area contributed by atoms with Gasteiger partial charge in [0.15, 0.2) is 5.13 Å². The number of anilines is 1. The fourth-order valence-corrected chi connectivity index (χ4v) is 3.95. The van der Waals surface area contributed by atoms with E-state index in [1.54, 1.807) is 0 Å². The topological polar surface area (TPSA) is 42.0 Å². The molecule has 0 bridgehead atoms. The zero-order chi connectivity index (χ0) is 17.4. The molecule has 0 saturated heterocycles. The zero-order valence-corrected chi connectivity index (χ0v) is 15.1. The van der Waals surface area contributed by atoms with Gasteiger partial charge in [0, 0.05) is 5.02 Å². The van der Waals surface area contributed by atoms with Crippen LogP contribution in [0.3, 0.4) is 0 Å². The quantitative estimate of drug-likeness (QED) is 0.513. The van der Waals surface area contributed by atoms with Crippen LogP contribution >= 0.6 is 22.9 Å². The third kappa shape index (κ3) is 3.23. The molecular formula is C20H15ClN2OS. The number of benzene rings is 3. The van der Waals surface area contributed by atoms with E-state index >= 15 is 0 Å². The maximum Gasteiger partial charge on any atom is 0.230 e. The van der Waals surface area contributed by atoms with Crippen LogP contribution in [0.2, 0.25) is 5.02 Å². The Morgan fingerprint density at radius 1 is 1.12 bits per heavy atom. The van der Waals surface area contributed by atoms with Crippen LogP contribution in [0.25, 0.3) is 21.0 Å². The highest BCUT2D eigenvalue weighted by Gasteiger charge is 2.11. The largest absolute Gasteiger partial charge is 0.302 e. The molecule has 1 N–H and O–H groups in total. The number of fused-ring (bicyclic) bond motifs is 2. The van der Waals surface area contributed by atoms with E-state index in [9.17, 15) is 4.79 Å². The van der Waals surface area contributed by atoms with Gasteiger partial charge >= 0.3 is 0 Å². The Morgan fingerprint density at radius 2 is 1.92 bits per heavy atom. The van der Waals surface area contributed by atoms with Crippen LogP contribution in [-0.2, 0) is 11.2 Å². The van der Waals surface area contributed by atoms with Crippen molar-refractivity contribution in [3.63, 3.8) is 0 Å². The van der Waals surface area contributed by atoms with Crippen LogP contribution in [0.1, 0.15) is 11.1 Å². The van der Waals surface area contributed by atoms with Crippen molar-refractivity contribution in [1.82, 2.24) is 4.98 Å². The molecule has 0 spiro atoms. The van der Waals surface area contributed by atoms with Gasteiger partial charge in [0.05, 0.1) is 16.6 Å². The predicted octanol–water partition coefficient (Wildman–Crippen LogP) is 5.59. The normalized spacial score (nSPS) is 11.1. The number of hydrogen-bond donors (Lipinski definition) is 1. The molecule has 1 aromatic heterocycles. The SMILES string of the molecule is Cc1c(Cl)ccc2sc(NC(=O)Cc3ccc4ccccc4c3)nc12. The number of hydrogen-bond acceptors (Lipinski definition) is 3. The lowest BCUT2D eigenvalue weighted by Gasteiger charge is -2.04. The minimum Gasteiger partial charge on any atom is -0.302 e. The monoisotopic (exact) mass is 366 g/mol. The first-order chi connectivity index (χ1) is 12.1. The van der Waals surface area contributed by atoms with Crippen LogP contribution in [0.15, 0.2) is 54.6 Å². The van der Waals surface area contributed by atoms with E-state index < -0.39 is 0 Å². The third-order valence-electron chi connectivity index (χ3n) is 4.17. The van der Waals surface area contributed by atoms with Crippen LogP contribution < -0.4 is 5.32 Å². The van der Waals surface area contributed by atoms with Gasteiger partial charge in [-0.2, -0.15) is 0 Å². The Hall–Kier alpha value is -2.43. The number of halogens is 1. The highest BCUT2D eigenvalue weighted by atomic mass is 35.5. The number of aromatic nitrogens is 1. The van der Waals surface area contributed by atoms with Gasteiger partial charge in [0.2, 0.25) is 5.91 Å². The third-order valence-corrected chi connectivity index (χ3v) is 5.52.